The van der Waals surface area contributed by atoms with E-state index >= 15 is 0 Å². The largest absolute Gasteiger partial charge is 0.292 e. The number of carbonyl (C=O) groups excluding carboxylic acids is 1. The lowest BCUT2D eigenvalue weighted by Gasteiger charge is -2.06. The Morgan fingerprint density at radius 2 is 2.22 bits per heavy atom. The van der Waals surface area contributed by atoms with Crippen molar-refractivity contribution in [2.24, 2.45) is 0 Å². The molecule has 0 rings (SSSR count). The molecule has 3 heteroatoms. The highest BCUT2D eigenvalue weighted by atomic mass is 32.1. The monoisotopic (exact) mass is 147 g/mol. The Hall–Kier alpha value is -0.180. The van der Waals surface area contributed by atoms with Gasteiger partial charge in [0.2, 0.25) is 5.91 Å². The molecule has 2 nitrogen and oxygen atoms in total. The molecule has 0 saturated carbocycles. The highest BCUT2D eigenvalue weighted by Gasteiger charge is 2.01. The summed E-state index contributed by atoms with van der Waals surface area (Å²) in [5, 5.41) is 0. The van der Waals surface area contributed by atoms with Gasteiger partial charge in [-0.05, 0) is 6.42 Å². The molecule has 0 bridgehead atoms. The maximum atomic E-state index is 10.8. The zero-order chi connectivity index (χ0) is 7.28. The Kier molecular flexibility index (Phi) is 4.58. The van der Waals surface area contributed by atoms with E-state index < -0.39 is 0 Å². The van der Waals surface area contributed by atoms with Crippen LogP contribution in [0.1, 0.15) is 26.2 Å². The molecule has 0 aliphatic heterocycles. The van der Waals surface area contributed by atoms with Crippen molar-refractivity contribution < 1.29 is 4.79 Å². The molecule has 0 N–H and O–H groups in total. The van der Waals surface area contributed by atoms with Gasteiger partial charge < -0.3 is 0 Å². The van der Waals surface area contributed by atoms with Crippen LogP contribution in [0.25, 0.3) is 0 Å². The molecule has 0 aliphatic carbocycles. The summed E-state index contributed by atoms with van der Waals surface area (Å²) in [5.41, 5.74) is 0. The summed E-state index contributed by atoms with van der Waals surface area (Å²) >= 11 is 3.85. The average molecular weight is 147 g/mol. The van der Waals surface area contributed by atoms with E-state index in [1.807, 2.05) is 0 Å². The molecule has 0 spiro atoms. The van der Waals surface area contributed by atoms with E-state index in [9.17, 15) is 4.79 Å². The van der Waals surface area contributed by atoms with Crippen LogP contribution in [0, 0.1) is 0 Å². The minimum atomic E-state index is 0.0974. The second-order valence-corrected chi connectivity index (χ2v) is 2.62. The number of hydrogen-bond donors (Lipinski definition) is 1. The van der Waals surface area contributed by atoms with E-state index in [-0.39, 0.29) is 5.91 Å². The molecule has 0 radical (unpaired) electrons. The summed E-state index contributed by atoms with van der Waals surface area (Å²) in [5.74, 6) is 0.0974. The Morgan fingerprint density at radius 1 is 1.67 bits per heavy atom. The van der Waals surface area contributed by atoms with Crippen molar-refractivity contribution in [2.45, 2.75) is 26.2 Å². The molecule has 9 heavy (non-hydrogen) atoms. The summed E-state index contributed by atoms with van der Waals surface area (Å²) < 4.78 is 1.33. The van der Waals surface area contributed by atoms with Crippen molar-refractivity contribution in [1.82, 2.24) is 4.31 Å². The van der Waals surface area contributed by atoms with Crippen molar-refractivity contribution in [1.29, 1.82) is 0 Å². The van der Waals surface area contributed by atoms with Crippen molar-refractivity contribution in [2.75, 3.05) is 7.05 Å². The molecule has 1 amide bonds. The standard InChI is InChI=1S/C6H13NOS/c1-3-4-5-6(8)7(2)9/h9H,3-5H2,1-2H3. The van der Waals surface area contributed by atoms with E-state index in [0.29, 0.717) is 6.42 Å². The van der Waals surface area contributed by atoms with Gasteiger partial charge in [0.25, 0.3) is 0 Å². The van der Waals surface area contributed by atoms with E-state index in [4.69, 9.17) is 0 Å². The van der Waals surface area contributed by atoms with Gasteiger partial charge in [-0.1, -0.05) is 26.2 Å². The minimum absolute atomic E-state index is 0.0974. The fourth-order valence-corrected chi connectivity index (χ4v) is 0.590. The number of hydrogen-bond acceptors (Lipinski definition) is 2. The third kappa shape index (κ3) is 4.33. The van der Waals surface area contributed by atoms with Gasteiger partial charge in [-0.3, -0.25) is 9.10 Å². The molecular formula is C6H13NOS. The van der Waals surface area contributed by atoms with Crippen LogP contribution in [0.3, 0.4) is 0 Å². The first kappa shape index (κ1) is 8.82. The Morgan fingerprint density at radius 3 is 2.56 bits per heavy atom. The van der Waals surface area contributed by atoms with E-state index in [2.05, 4.69) is 19.7 Å². The average Bonchev–Trinajstić information content (AvgIpc) is 1.82. The smallest absolute Gasteiger partial charge is 0.231 e. The molecule has 0 aromatic rings. The van der Waals surface area contributed by atoms with Gasteiger partial charge in [0.15, 0.2) is 0 Å². The SMILES string of the molecule is CCCCC(=O)N(C)S. The maximum absolute atomic E-state index is 10.8. The summed E-state index contributed by atoms with van der Waals surface area (Å²) in [4.78, 5) is 10.8. The summed E-state index contributed by atoms with van der Waals surface area (Å²) in [6.07, 6.45) is 2.65. The highest BCUT2D eigenvalue weighted by molar-refractivity contribution is 7.78. The fourth-order valence-electron chi connectivity index (χ4n) is 0.490. The predicted molar refractivity (Wildman–Crippen MR) is 41.3 cm³/mol. The zero-order valence-electron chi connectivity index (χ0n) is 5.92. The van der Waals surface area contributed by atoms with Crippen LogP contribution in [-0.2, 0) is 4.79 Å². The lowest BCUT2D eigenvalue weighted by Crippen LogP contribution is -2.15. The van der Waals surface area contributed by atoms with Crippen LogP contribution in [0.5, 0.6) is 0 Å². The topological polar surface area (TPSA) is 20.3 Å². The molecule has 0 heterocycles. The van der Waals surface area contributed by atoms with Crippen molar-refractivity contribution in [3.05, 3.63) is 0 Å². The van der Waals surface area contributed by atoms with Gasteiger partial charge in [-0.15, -0.1) is 0 Å². The number of carbonyl (C=O) groups is 1. The van der Waals surface area contributed by atoms with Gasteiger partial charge in [0, 0.05) is 13.5 Å². The number of thiol groups is 1. The van der Waals surface area contributed by atoms with E-state index in [1.54, 1.807) is 7.05 Å². The second-order valence-electron chi connectivity index (χ2n) is 2.02. The molecule has 0 atom stereocenters. The van der Waals surface area contributed by atoms with Crippen LogP contribution in [-0.4, -0.2) is 17.3 Å². The summed E-state index contributed by atoms with van der Waals surface area (Å²) in [7, 11) is 1.65. The van der Waals surface area contributed by atoms with Crippen molar-refractivity contribution in [3.63, 3.8) is 0 Å². The summed E-state index contributed by atoms with van der Waals surface area (Å²) in [6.45, 7) is 2.06. The normalized spacial score (nSPS) is 9.22. The molecule has 0 fully saturated rings. The van der Waals surface area contributed by atoms with Gasteiger partial charge in [-0.2, -0.15) is 0 Å². The number of amides is 1. The molecular weight excluding hydrogens is 134 g/mol. The summed E-state index contributed by atoms with van der Waals surface area (Å²) in [6, 6.07) is 0. The molecule has 0 saturated heterocycles. The van der Waals surface area contributed by atoms with E-state index in [1.165, 1.54) is 4.31 Å². The van der Waals surface area contributed by atoms with Gasteiger partial charge >= 0.3 is 0 Å². The quantitative estimate of drug-likeness (QED) is 0.599. The number of rotatable bonds is 3. The van der Waals surface area contributed by atoms with Crippen LogP contribution >= 0.6 is 12.8 Å². The first-order chi connectivity index (χ1) is 4.18. The van der Waals surface area contributed by atoms with Gasteiger partial charge in [0.1, 0.15) is 0 Å². The molecule has 0 aromatic carbocycles. The fraction of sp³-hybridized carbons (Fsp3) is 0.833. The first-order valence-electron chi connectivity index (χ1n) is 3.14. The second kappa shape index (κ2) is 4.68. The molecule has 54 valence electrons. The zero-order valence-corrected chi connectivity index (χ0v) is 6.82. The first-order valence-corrected chi connectivity index (χ1v) is 3.54. The Bertz CT molecular complexity index is 93.1. The number of nitrogens with zero attached hydrogens (tertiary/aromatic N) is 1. The van der Waals surface area contributed by atoms with Crippen LogP contribution < -0.4 is 0 Å². The third-order valence-corrected chi connectivity index (χ3v) is 1.33. The molecule has 0 unspecified atom stereocenters. The lowest BCUT2D eigenvalue weighted by atomic mass is 10.2. The van der Waals surface area contributed by atoms with Crippen molar-refractivity contribution in [3.8, 4) is 0 Å². The number of unbranched alkanes of at least 4 members (excludes halogenated alkanes) is 1. The minimum Gasteiger partial charge on any atom is -0.292 e. The lowest BCUT2D eigenvalue weighted by molar-refractivity contribution is -0.125. The predicted octanol–water partition coefficient (Wildman–Crippen LogP) is 1.48. The van der Waals surface area contributed by atoms with Crippen molar-refractivity contribution >= 4 is 18.7 Å². The Balaban J connectivity index is 3.28. The van der Waals surface area contributed by atoms with Crippen LogP contribution in [0.2, 0.25) is 0 Å². The molecule has 0 aromatic heterocycles. The van der Waals surface area contributed by atoms with Crippen LogP contribution in [0.15, 0.2) is 0 Å². The van der Waals surface area contributed by atoms with Crippen LogP contribution in [0.4, 0.5) is 0 Å². The van der Waals surface area contributed by atoms with E-state index in [0.717, 1.165) is 12.8 Å². The maximum Gasteiger partial charge on any atom is 0.231 e. The molecule has 0 aliphatic rings. The highest BCUT2D eigenvalue weighted by Crippen LogP contribution is 1.99. The Labute approximate surface area is 61.8 Å². The van der Waals surface area contributed by atoms with Gasteiger partial charge in [0.05, 0.1) is 0 Å². The van der Waals surface area contributed by atoms with Gasteiger partial charge in [-0.25, -0.2) is 0 Å². The third-order valence-electron chi connectivity index (χ3n) is 1.11.